The summed E-state index contributed by atoms with van der Waals surface area (Å²) in [6.07, 6.45) is 11.9. The van der Waals surface area contributed by atoms with Crippen molar-refractivity contribution in [2.24, 2.45) is 0 Å². The molecule has 0 heterocycles. The molecule has 0 fully saturated rings. The van der Waals surface area contributed by atoms with Gasteiger partial charge >= 0.3 is 0 Å². The molecule has 0 radical (unpaired) electrons. The van der Waals surface area contributed by atoms with Gasteiger partial charge in [-0.3, -0.25) is 0 Å². The average molecular weight is 555 g/mol. The molecule has 2 rings (SSSR count). The van der Waals surface area contributed by atoms with Crippen molar-refractivity contribution < 1.29 is 10.2 Å². The molecule has 2 N–H and O–H groups in total. The van der Waals surface area contributed by atoms with E-state index in [9.17, 15) is 10.2 Å². The van der Waals surface area contributed by atoms with Gasteiger partial charge in [0.1, 0.15) is 11.5 Å². The molecule has 0 aromatic heterocycles. The summed E-state index contributed by atoms with van der Waals surface area (Å²) in [5.74, 6) is 3.07. The van der Waals surface area contributed by atoms with E-state index in [1.165, 1.54) is 68.2 Å². The number of unbranched alkanes of at least 4 members (excludes halogenated alkanes) is 7. The Labute approximate surface area is 245 Å². The molecule has 2 aromatic rings. The van der Waals surface area contributed by atoms with E-state index in [1.54, 1.807) is 0 Å². The number of phenols is 2. The first kappa shape index (κ1) is 33.6. The molecule has 3 heteroatoms. The lowest BCUT2D eigenvalue weighted by Crippen LogP contribution is -2.29. The van der Waals surface area contributed by atoms with Crippen LogP contribution in [0.1, 0.15) is 147 Å². The Kier molecular flexibility index (Phi) is 12.3. The average Bonchev–Trinajstić information content (AvgIpc) is 2.80. The van der Waals surface area contributed by atoms with Gasteiger partial charge in [0, 0.05) is 5.41 Å². The molecule has 2 aromatic carbocycles. The lowest BCUT2D eigenvalue weighted by molar-refractivity contribution is 0.441. The molecule has 0 spiro atoms. The summed E-state index contributed by atoms with van der Waals surface area (Å²) in [6.45, 7) is 21.9. The Balaban J connectivity index is 2.34. The van der Waals surface area contributed by atoms with Crippen LogP contribution in [0.5, 0.6) is 11.5 Å². The maximum atomic E-state index is 10.9. The standard InChI is InChI=1S/C36H58O2S/c1-11-12-13-14-15-16-17-18-20-39-21-19-36(10,28-24-30(34(4,5)6)32(37)22-26(28)2)29-25-31(35(7,8)9)33(38)23-27(29)3/h22-25,37-38H,11-21H2,1-10H3. The van der Waals surface area contributed by atoms with Crippen LogP contribution >= 0.6 is 11.8 Å². The van der Waals surface area contributed by atoms with Crippen LogP contribution in [0.25, 0.3) is 0 Å². The van der Waals surface area contributed by atoms with Crippen molar-refractivity contribution in [3.63, 3.8) is 0 Å². The van der Waals surface area contributed by atoms with E-state index in [0.29, 0.717) is 11.5 Å². The minimum atomic E-state index is -0.234. The summed E-state index contributed by atoms with van der Waals surface area (Å²) >= 11 is 2.08. The van der Waals surface area contributed by atoms with Crippen molar-refractivity contribution in [1.29, 1.82) is 0 Å². The predicted octanol–water partition coefficient (Wildman–Crippen LogP) is 10.9. The highest BCUT2D eigenvalue weighted by Gasteiger charge is 2.35. The molecule has 0 saturated carbocycles. The van der Waals surface area contributed by atoms with E-state index >= 15 is 0 Å². The number of aryl methyl sites for hydroxylation is 2. The highest BCUT2D eigenvalue weighted by Crippen LogP contribution is 2.46. The summed E-state index contributed by atoms with van der Waals surface area (Å²) in [5, 5.41) is 21.7. The SMILES string of the molecule is CCCCCCCCCCSCCC(C)(c1cc(C(C)(C)C)c(O)cc1C)c1cc(C(C)(C)C)c(O)cc1C. The second kappa shape index (κ2) is 14.3. The van der Waals surface area contributed by atoms with E-state index in [-0.39, 0.29) is 16.2 Å². The number of rotatable bonds is 14. The third-order valence-corrected chi connectivity index (χ3v) is 9.45. The van der Waals surface area contributed by atoms with E-state index in [0.717, 1.165) is 34.4 Å². The van der Waals surface area contributed by atoms with Crippen molar-refractivity contribution in [2.75, 3.05) is 11.5 Å². The molecule has 220 valence electrons. The van der Waals surface area contributed by atoms with Crippen molar-refractivity contribution in [3.05, 3.63) is 57.6 Å². The number of phenolic OH excluding ortho intramolecular Hbond substituents is 2. The third-order valence-electron chi connectivity index (χ3n) is 8.38. The van der Waals surface area contributed by atoms with Gasteiger partial charge in [-0.15, -0.1) is 0 Å². The van der Waals surface area contributed by atoms with Gasteiger partial charge in [-0.2, -0.15) is 11.8 Å². The fourth-order valence-electron chi connectivity index (χ4n) is 5.91. The second-order valence-corrected chi connectivity index (χ2v) is 15.3. The largest absolute Gasteiger partial charge is 0.508 e. The fraction of sp³-hybridized carbons (Fsp3) is 0.667. The zero-order chi connectivity index (χ0) is 29.4. The third kappa shape index (κ3) is 9.20. The zero-order valence-electron chi connectivity index (χ0n) is 26.9. The van der Waals surface area contributed by atoms with Gasteiger partial charge in [-0.1, -0.05) is 112 Å². The Morgan fingerprint density at radius 2 is 0.974 bits per heavy atom. The normalized spacial score (nSPS) is 12.8. The van der Waals surface area contributed by atoms with Crippen molar-refractivity contribution >= 4 is 11.8 Å². The Morgan fingerprint density at radius 3 is 1.38 bits per heavy atom. The van der Waals surface area contributed by atoms with Gasteiger partial charge in [0.15, 0.2) is 0 Å². The maximum absolute atomic E-state index is 10.9. The van der Waals surface area contributed by atoms with E-state index in [1.807, 2.05) is 12.1 Å². The summed E-state index contributed by atoms with van der Waals surface area (Å²) in [5.41, 5.74) is 6.27. The van der Waals surface area contributed by atoms with E-state index < -0.39 is 0 Å². The van der Waals surface area contributed by atoms with E-state index in [2.05, 4.69) is 93.1 Å². The van der Waals surface area contributed by atoms with Gasteiger partial charge in [-0.25, -0.2) is 0 Å². The van der Waals surface area contributed by atoms with E-state index in [4.69, 9.17) is 0 Å². The van der Waals surface area contributed by atoms with Crippen LogP contribution in [-0.4, -0.2) is 21.7 Å². The Hall–Kier alpha value is -1.61. The highest BCUT2D eigenvalue weighted by atomic mass is 32.2. The summed E-state index contributed by atoms with van der Waals surface area (Å²) < 4.78 is 0. The number of aromatic hydroxyl groups is 2. The molecular formula is C36H58O2S. The van der Waals surface area contributed by atoms with Crippen LogP contribution in [-0.2, 0) is 16.2 Å². The molecule has 0 atom stereocenters. The molecule has 2 nitrogen and oxygen atoms in total. The van der Waals surface area contributed by atoms with Gasteiger partial charge in [0.2, 0.25) is 0 Å². The van der Waals surface area contributed by atoms with Gasteiger partial charge in [0.25, 0.3) is 0 Å². The molecule has 0 unspecified atom stereocenters. The van der Waals surface area contributed by atoms with Crippen LogP contribution in [0, 0.1) is 13.8 Å². The summed E-state index contributed by atoms with van der Waals surface area (Å²) in [4.78, 5) is 0. The van der Waals surface area contributed by atoms with Crippen LogP contribution < -0.4 is 0 Å². The molecule has 0 aliphatic heterocycles. The Bertz CT molecular complexity index is 986. The predicted molar refractivity (Wildman–Crippen MR) is 174 cm³/mol. The lowest BCUT2D eigenvalue weighted by Gasteiger charge is -2.37. The Morgan fingerprint density at radius 1 is 0.564 bits per heavy atom. The molecule has 39 heavy (non-hydrogen) atoms. The van der Waals surface area contributed by atoms with Crippen LogP contribution in [0.3, 0.4) is 0 Å². The molecule has 0 amide bonds. The van der Waals surface area contributed by atoms with Gasteiger partial charge in [0.05, 0.1) is 0 Å². The number of thioether (sulfide) groups is 1. The lowest BCUT2D eigenvalue weighted by atomic mass is 9.68. The first-order chi connectivity index (χ1) is 18.1. The van der Waals surface area contributed by atoms with Crippen LogP contribution in [0.2, 0.25) is 0 Å². The van der Waals surface area contributed by atoms with Gasteiger partial charge in [-0.05, 0) is 94.5 Å². The molecule has 0 aliphatic rings. The van der Waals surface area contributed by atoms with Crippen LogP contribution in [0.15, 0.2) is 24.3 Å². The minimum Gasteiger partial charge on any atom is -0.508 e. The first-order valence-corrected chi connectivity index (χ1v) is 16.5. The first-order valence-electron chi connectivity index (χ1n) is 15.4. The highest BCUT2D eigenvalue weighted by molar-refractivity contribution is 7.99. The topological polar surface area (TPSA) is 40.5 Å². The van der Waals surface area contributed by atoms with Gasteiger partial charge < -0.3 is 10.2 Å². The summed E-state index contributed by atoms with van der Waals surface area (Å²) in [6, 6.07) is 8.44. The van der Waals surface area contributed by atoms with Crippen molar-refractivity contribution in [1.82, 2.24) is 0 Å². The summed E-state index contributed by atoms with van der Waals surface area (Å²) in [7, 11) is 0. The monoisotopic (exact) mass is 554 g/mol. The smallest absolute Gasteiger partial charge is 0.119 e. The van der Waals surface area contributed by atoms with Crippen molar-refractivity contribution in [3.8, 4) is 11.5 Å². The number of hydrogen-bond donors (Lipinski definition) is 2. The quantitative estimate of drug-likeness (QED) is 0.228. The zero-order valence-corrected chi connectivity index (χ0v) is 27.7. The van der Waals surface area contributed by atoms with Crippen LogP contribution in [0.4, 0.5) is 0 Å². The maximum Gasteiger partial charge on any atom is 0.119 e. The fourth-order valence-corrected chi connectivity index (χ4v) is 7.07. The molecule has 0 aliphatic carbocycles. The molecule has 0 bridgehead atoms. The minimum absolute atomic E-state index is 0.153. The molecular weight excluding hydrogens is 496 g/mol. The molecule has 0 saturated heterocycles. The second-order valence-electron chi connectivity index (χ2n) is 14.0. The number of hydrogen-bond acceptors (Lipinski definition) is 3. The van der Waals surface area contributed by atoms with Crippen molar-refractivity contribution in [2.45, 2.75) is 143 Å². The number of benzene rings is 2.